The summed E-state index contributed by atoms with van der Waals surface area (Å²) >= 11 is 0. The lowest BCUT2D eigenvalue weighted by Gasteiger charge is -2.10. The van der Waals surface area contributed by atoms with Crippen LogP contribution in [0.15, 0.2) is 48.5 Å². The van der Waals surface area contributed by atoms with E-state index in [9.17, 15) is 4.79 Å². The summed E-state index contributed by atoms with van der Waals surface area (Å²) in [5.41, 5.74) is 1.02. The van der Waals surface area contributed by atoms with Gasteiger partial charge in [0.2, 0.25) is 0 Å². The van der Waals surface area contributed by atoms with Crippen LogP contribution in [0.25, 0.3) is 16.8 Å². The summed E-state index contributed by atoms with van der Waals surface area (Å²) in [6, 6.07) is 14.1. The van der Waals surface area contributed by atoms with E-state index >= 15 is 0 Å². The number of likely N-dealkylation sites (N-methyl/N-ethyl adjacent to an activating group) is 1. The van der Waals surface area contributed by atoms with Crippen molar-refractivity contribution in [1.82, 2.24) is 5.06 Å². The number of hydrogen-bond acceptors (Lipinski definition) is 2. The molecule has 2 aromatic rings. The van der Waals surface area contributed by atoms with Crippen molar-refractivity contribution in [3.63, 3.8) is 0 Å². The maximum Gasteiger partial charge on any atom is 0.269 e. The zero-order valence-electron chi connectivity index (χ0n) is 10.5. The van der Waals surface area contributed by atoms with Crippen molar-refractivity contribution >= 4 is 22.8 Å². The van der Waals surface area contributed by atoms with E-state index in [2.05, 4.69) is 12.1 Å². The quantitative estimate of drug-likeness (QED) is 0.611. The van der Waals surface area contributed by atoms with E-state index < -0.39 is 0 Å². The average molecular weight is 241 g/mol. The molecule has 0 aromatic heterocycles. The molecule has 3 nitrogen and oxygen atoms in total. The van der Waals surface area contributed by atoms with Gasteiger partial charge in [-0.25, -0.2) is 5.06 Å². The first-order valence-corrected chi connectivity index (χ1v) is 5.70. The predicted octanol–water partition coefficient (Wildman–Crippen LogP) is 2.87. The third-order valence-corrected chi connectivity index (χ3v) is 2.81. The lowest BCUT2D eigenvalue weighted by atomic mass is 10.0. The number of carbonyl (C=O) groups is 1. The van der Waals surface area contributed by atoms with Crippen LogP contribution in [0.5, 0.6) is 0 Å². The van der Waals surface area contributed by atoms with Crippen LogP contribution in [-0.4, -0.2) is 25.1 Å². The third-order valence-electron chi connectivity index (χ3n) is 2.81. The van der Waals surface area contributed by atoms with Crippen molar-refractivity contribution < 1.29 is 9.63 Å². The highest BCUT2D eigenvalue weighted by atomic mass is 16.7. The number of nitrogens with zero attached hydrogens (tertiary/aromatic N) is 1. The molecule has 18 heavy (non-hydrogen) atoms. The smallest absolute Gasteiger partial charge is 0.269 e. The molecule has 0 bridgehead atoms. The summed E-state index contributed by atoms with van der Waals surface area (Å²) in [6.45, 7) is 0. The Bertz CT molecular complexity index is 585. The summed E-state index contributed by atoms with van der Waals surface area (Å²) in [7, 11) is 3.04. The molecular formula is C15H15NO2. The first-order valence-electron chi connectivity index (χ1n) is 5.70. The number of hydrogen-bond donors (Lipinski definition) is 0. The monoisotopic (exact) mass is 241 g/mol. The standard InChI is InChI=1S/C15H15NO2/c1-16(18-2)15(17)11-10-13-8-5-7-12-6-3-4-9-14(12)13/h3-11H,1-2H3. The molecule has 0 saturated heterocycles. The summed E-state index contributed by atoms with van der Waals surface area (Å²) in [4.78, 5) is 16.4. The zero-order chi connectivity index (χ0) is 13.0. The average Bonchev–Trinajstić information content (AvgIpc) is 2.43. The minimum atomic E-state index is -0.189. The molecule has 3 heteroatoms. The van der Waals surface area contributed by atoms with Gasteiger partial charge in [-0.3, -0.25) is 9.63 Å². The van der Waals surface area contributed by atoms with Crippen molar-refractivity contribution in [2.24, 2.45) is 0 Å². The fourth-order valence-corrected chi connectivity index (χ4v) is 1.75. The first-order chi connectivity index (χ1) is 8.72. The Balaban J connectivity index is 2.32. The first kappa shape index (κ1) is 12.3. The van der Waals surface area contributed by atoms with Gasteiger partial charge in [0.25, 0.3) is 5.91 Å². The molecule has 0 unspecified atom stereocenters. The Hall–Kier alpha value is -2.13. The van der Waals surface area contributed by atoms with Gasteiger partial charge in [0, 0.05) is 13.1 Å². The van der Waals surface area contributed by atoms with E-state index in [-0.39, 0.29) is 5.91 Å². The molecule has 92 valence electrons. The Morgan fingerprint density at radius 1 is 1.17 bits per heavy atom. The van der Waals surface area contributed by atoms with Crippen LogP contribution in [0.4, 0.5) is 0 Å². The number of benzene rings is 2. The molecule has 0 atom stereocenters. The summed E-state index contributed by atoms with van der Waals surface area (Å²) in [5.74, 6) is -0.189. The summed E-state index contributed by atoms with van der Waals surface area (Å²) < 4.78 is 0. The number of carbonyl (C=O) groups excluding carboxylic acids is 1. The highest BCUT2D eigenvalue weighted by Crippen LogP contribution is 2.19. The number of amides is 1. The van der Waals surface area contributed by atoms with Gasteiger partial charge in [-0.05, 0) is 22.4 Å². The van der Waals surface area contributed by atoms with Crippen molar-refractivity contribution in [3.8, 4) is 0 Å². The fourth-order valence-electron chi connectivity index (χ4n) is 1.75. The van der Waals surface area contributed by atoms with Gasteiger partial charge >= 0.3 is 0 Å². The summed E-state index contributed by atoms with van der Waals surface area (Å²) in [6.07, 6.45) is 3.31. The highest BCUT2D eigenvalue weighted by molar-refractivity contribution is 5.96. The molecule has 0 spiro atoms. The van der Waals surface area contributed by atoms with Crippen molar-refractivity contribution in [2.45, 2.75) is 0 Å². The molecule has 0 radical (unpaired) electrons. The van der Waals surface area contributed by atoms with Crippen LogP contribution < -0.4 is 0 Å². The van der Waals surface area contributed by atoms with Crippen LogP contribution in [0.2, 0.25) is 0 Å². The molecule has 0 aliphatic rings. The number of rotatable bonds is 3. The number of fused-ring (bicyclic) bond motifs is 1. The Morgan fingerprint density at radius 3 is 2.67 bits per heavy atom. The van der Waals surface area contributed by atoms with Crippen molar-refractivity contribution in [3.05, 3.63) is 54.1 Å². The largest absolute Gasteiger partial charge is 0.274 e. The molecule has 2 aromatic carbocycles. The topological polar surface area (TPSA) is 29.5 Å². The van der Waals surface area contributed by atoms with Crippen molar-refractivity contribution in [2.75, 3.05) is 14.2 Å². The third kappa shape index (κ3) is 2.57. The molecule has 0 heterocycles. The SMILES string of the molecule is CON(C)C(=O)C=Cc1cccc2ccccc12. The second-order valence-electron chi connectivity index (χ2n) is 3.92. The molecule has 2 rings (SSSR count). The van der Waals surface area contributed by atoms with E-state index in [1.165, 1.54) is 18.2 Å². The van der Waals surface area contributed by atoms with Crippen LogP contribution in [0.3, 0.4) is 0 Å². The van der Waals surface area contributed by atoms with Gasteiger partial charge in [-0.1, -0.05) is 42.5 Å². The van der Waals surface area contributed by atoms with Gasteiger partial charge in [0.05, 0.1) is 7.11 Å². The van der Waals surface area contributed by atoms with Crippen LogP contribution in [-0.2, 0) is 9.63 Å². The van der Waals surface area contributed by atoms with E-state index in [1.807, 2.05) is 30.3 Å². The molecule has 1 amide bonds. The van der Waals surface area contributed by atoms with E-state index in [0.717, 1.165) is 16.3 Å². The predicted molar refractivity (Wildman–Crippen MR) is 72.8 cm³/mol. The van der Waals surface area contributed by atoms with E-state index in [0.29, 0.717) is 0 Å². The maximum atomic E-state index is 11.6. The highest BCUT2D eigenvalue weighted by Gasteiger charge is 2.03. The molecule has 0 fully saturated rings. The molecule has 0 saturated carbocycles. The van der Waals surface area contributed by atoms with Gasteiger partial charge < -0.3 is 0 Å². The summed E-state index contributed by atoms with van der Waals surface area (Å²) in [5, 5.41) is 3.47. The van der Waals surface area contributed by atoms with Crippen molar-refractivity contribution in [1.29, 1.82) is 0 Å². The van der Waals surface area contributed by atoms with Crippen LogP contribution >= 0.6 is 0 Å². The lowest BCUT2D eigenvalue weighted by molar-refractivity contribution is -0.162. The molecular weight excluding hydrogens is 226 g/mol. The normalized spacial score (nSPS) is 11.0. The van der Waals surface area contributed by atoms with E-state index in [1.54, 1.807) is 13.1 Å². The van der Waals surface area contributed by atoms with Crippen LogP contribution in [0.1, 0.15) is 5.56 Å². The van der Waals surface area contributed by atoms with Gasteiger partial charge in [0.15, 0.2) is 0 Å². The lowest BCUT2D eigenvalue weighted by Crippen LogP contribution is -2.22. The fraction of sp³-hybridized carbons (Fsp3) is 0.133. The van der Waals surface area contributed by atoms with Gasteiger partial charge in [-0.2, -0.15) is 0 Å². The molecule has 0 N–H and O–H groups in total. The second kappa shape index (κ2) is 5.47. The van der Waals surface area contributed by atoms with Gasteiger partial charge in [0.1, 0.15) is 0 Å². The Morgan fingerprint density at radius 2 is 1.89 bits per heavy atom. The minimum absolute atomic E-state index is 0.189. The van der Waals surface area contributed by atoms with E-state index in [4.69, 9.17) is 4.84 Å². The van der Waals surface area contributed by atoms with Crippen LogP contribution in [0, 0.1) is 0 Å². The Kier molecular flexibility index (Phi) is 3.75. The molecule has 0 aliphatic carbocycles. The Labute approximate surface area is 106 Å². The minimum Gasteiger partial charge on any atom is -0.274 e. The maximum absolute atomic E-state index is 11.6. The zero-order valence-corrected chi connectivity index (χ0v) is 10.5. The number of hydroxylamine groups is 2. The van der Waals surface area contributed by atoms with Gasteiger partial charge in [-0.15, -0.1) is 0 Å². The molecule has 0 aliphatic heterocycles. The second-order valence-corrected chi connectivity index (χ2v) is 3.92.